The summed E-state index contributed by atoms with van der Waals surface area (Å²) in [5.74, 6) is 1.04. The van der Waals surface area contributed by atoms with Crippen LogP contribution in [-0.4, -0.2) is 13.1 Å². The lowest BCUT2D eigenvalue weighted by atomic mass is 10.1. The van der Waals surface area contributed by atoms with Crippen molar-refractivity contribution in [1.82, 2.24) is 0 Å². The number of nitrogens with two attached hydrogens (primary N) is 1. The van der Waals surface area contributed by atoms with E-state index in [2.05, 4.69) is 12.2 Å². The fourth-order valence-corrected chi connectivity index (χ4v) is 1.20. The molecule has 1 aliphatic rings. The lowest BCUT2D eigenvalue weighted by Gasteiger charge is -1.95. The molecule has 7 heavy (non-hydrogen) atoms. The van der Waals surface area contributed by atoms with Gasteiger partial charge in [0.15, 0.2) is 0 Å². The van der Waals surface area contributed by atoms with Crippen LogP contribution in [0.2, 0.25) is 0 Å². The molecule has 1 rings (SSSR count). The average molecular weight is 100 g/mol. The Kier molecular flexibility index (Phi) is 1.69. The zero-order valence-electron chi connectivity index (χ0n) is 4.98. The van der Waals surface area contributed by atoms with Crippen LogP contribution in [0.3, 0.4) is 0 Å². The van der Waals surface area contributed by atoms with Crippen molar-refractivity contribution >= 4 is 0 Å². The Balaban J connectivity index is 2.14. The first-order chi connectivity index (χ1) is 3.43. The maximum Gasteiger partial charge on any atom is 0.0786 e. The molecule has 0 bridgehead atoms. The molecular formula is C6H14N+. The first kappa shape index (κ1) is 5.10. The molecule has 1 fully saturated rings. The molecular weight excluding hydrogens is 86.1 g/mol. The molecule has 0 unspecified atom stereocenters. The number of hydrogen-bond acceptors (Lipinski definition) is 0. The average Bonchev–Trinajstić information content (AvgIpc) is 2.14. The molecule has 0 amide bonds. The molecule has 1 atom stereocenters. The van der Waals surface area contributed by atoms with Gasteiger partial charge in [0.25, 0.3) is 0 Å². The summed E-state index contributed by atoms with van der Waals surface area (Å²) in [6, 6.07) is 0. The van der Waals surface area contributed by atoms with Crippen LogP contribution in [0.4, 0.5) is 0 Å². The van der Waals surface area contributed by atoms with Crippen molar-refractivity contribution in [3.8, 4) is 0 Å². The van der Waals surface area contributed by atoms with Gasteiger partial charge in [-0.25, -0.2) is 0 Å². The Morgan fingerprint density at radius 2 is 2.57 bits per heavy atom. The highest BCUT2D eigenvalue weighted by Crippen LogP contribution is 2.05. The van der Waals surface area contributed by atoms with E-state index in [1.54, 1.807) is 0 Å². The number of hydrogen-bond donors (Lipinski definition) is 1. The van der Waals surface area contributed by atoms with Gasteiger partial charge in [-0.1, -0.05) is 6.92 Å². The lowest BCUT2D eigenvalue weighted by Crippen LogP contribution is -2.81. The topological polar surface area (TPSA) is 16.6 Å². The van der Waals surface area contributed by atoms with Gasteiger partial charge in [0.2, 0.25) is 0 Å². The molecule has 42 valence electrons. The van der Waals surface area contributed by atoms with Gasteiger partial charge in [-0.05, 0) is 6.42 Å². The second-order valence-electron chi connectivity index (χ2n) is 2.38. The van der Waals surface area contributed by atoms with E-state index >= 15 is 0 Å². The molecule has 0 aliphatic carbocycles. The van der Waals surface area contributed by atoms with Crippen molar-refractivity contribution in [3.63, 3.8) is 0 Å². The summed E-state index contributed by atoms with van der Waals surface area (Å²) >= 11 is 0. The summed E-state index contributed by atoms with van der Waals surface area (Å²) in [5, 5.41) is 2.41. The van der Waals surface area contributed by atoms with Crippen molar-refractivity contribution in [2.45, 2.75) is 19.8 Å². The molecule has 0 aromatic rings. The van der Waals surface area contributed by atoms with Gasteiger partial charge >= 0.3 is 0 Å². The Morgan fingerprint density at radius 1 is 1.71 bits per heavy atom. The van der Waals surface area contributed by atoms with Crippen LogP contribution in [-0.2, 0) is 0 Å². The van der Waals surface area contributed by atoms with Gasteiger partial charge in [0.1, 0.15) is 0 Å². The Bertz CT molecular complexity index is 46.1. The van der Waals surface area contributed by atoms with Gasteiger partial charge in [-0.15, -0.1) is 0 Å². The fourth-order valence-electron chi connectivity index (χ4n) is 1.20. The van der Waals surface area contributed by atoms with Crippen molar-refractivity contribution in [2.24, 2.45) is 5.92 Å². The first-order valence-electron chi connectivity index (χ1n) is 3.25. The number of quaternary nitrogens is 1. The minimum atomic E-state index is 1.04. The number of rotatable bonds is 1. The molecule has 1 aliphatic heterocycles. The Hall–Kier alpha value is -0.0400. The Morgan fingerprint density at radius 3 is 2.86 bits per heavy atom. The Labute approximate surface area is 45.1 Å². The molecule has 1 saturated heterocycles. The van der Waals surface area contributed by atoms with E-state index in [-0.39, 0.29) is 0 Å². The largest absolute Gasteiger partial charge is 0.346 e. The third-order valence-electron chi connectivity index (χ3n) is 1.86. The summed E-state index contributed by atoms with van der Waals surface area (Å²) in [4.78, 5) is 0. The summed E-state index contributed by atoms with van der Waals surface area (Å²) in [7, 11) is 0. The van der Waals surface area contributed by atoms with E-state index in [4.69, 9.17) is 0 Å². The van der Waals surface area contributed by atoms with Gasteiger partial charge in [-0.2, -0.15) is 0 Å². The quantitative estimate of drug-likeness (QED) is 0.477. The van der Waals surface area contributed by atoms with Gasteiger partial charge in [-0.3, -0.25) is 0 Å². The molecule has 1 heteroatoms. The molecule has 1 heterocycles. The van der Waals surface area contributed by atoms with Crippen molar-refractivity contribution in [1.29, 1.82) is 0 Å². The second-order valence-corrected chi connectivity index (χ2v) is 2.38. The standard InChI is InChI=1S/C6H13N/c1-2-6-3-4-7-5-6/h6-7H,2-5H2,1H3/p+1/t6-/m1/s1. The van der Waals surface area contributed by atoms with Crippen LogP contribution in [0, 0.1) is 5.92 Å². The molecule has 1 nitrogen and oxygen atoms in total. The normalized spacial score (nSPS) is 31.3. The predicted octanol–water partition coefficient (Wildman–Crippen LogP) is -0.0203. The minimum Gasteiger partial charge on any atom is -0.346 e. The highest BCUT2D eigenvalue weighted by Gasteiger charge is 2.14. The summed E-state index contributed by atoms with van der Waals surface area (Å²) in [6.45, 7) is 5.04. The van der Waals surface area contributed by atoms with E-state index in [0.717, 1.165) is 5.92 Å². The summed E-state index contributed by atoms with van der Waals surface area (Å²) in [6.07, 6.45) is 2.84. The minimum absolute atomic E-state index is 1.04. The van der Waals surface area contributed by atoms with Crippen molar-refractivity contribution in [2.75, 3.05) is 13.1 Å². The second kappa shape index (κ2) is 2.31. The summed E-state index contributed by atoms with van der Waals surface area (Å²) in [5.41, 5.74) is 0. The van der Waals surface area contributed by atoms with Crippen molar-refractivity contribution in [3.05, 3.63) is 0 Å². The smallest absolute Gasteiger partial charge is 0.0786 e. The predicted molar refractivity (Wildman–Crippen MR) is 30.1 cm³/mol. The highest BCUT2D eigenvalue weighted by atomic mass is 14.9. The molecule has 0 aromatic carbocycles. The van der Waals surface area contributed by atoms with Crippen LogP contribution in [0.25, 0.3) is 0 Å². The first-order valence-corrected chi connectivity index (χ1v) is 3.25. The van der Waals surface area contributed by atoms with Crippen LogP contribution >= 0.6 is 0 Å². The SMILES string of the molecule is CC[C@@H]1CC[NH2+]C1. The van der Waals surface area contributed by atoms with Crippen molar-refractivity contribution < 1.29 is 5.32 Å². The van der Waals surface area contributed by atoms with Crippen LogP contribution in [0.1, 0.15) is 19.8 Å². The summed E-state index contributed by atoms with van der Waals surface area (Å²) < 4.78 is 0. The highest BCUT2D eigenvalue weighted by molar-refractivity contribution is 4.56. The third-order valence-corrected chi connectivity index (χ3v) is 1.86. The van der Waals surface area contributed by atoms with Gasteiger partial charge in [0, 0.05) is 12.3 Å². The van der Waals surface area contributed by atoms with Gasteiger partial charge in [0.05, 0.1) is 13.1 Å². The zero-order chi connectivity index (χ0) is 5.11. The van der Waals surface area contributed by atoms with E-state index in [1.807, 2.05) is 0 Å². The molecule has 0 radical (unpaired) electrons. The monoisotopic (exact) mass is 100 g/mol. The van der Waals surface area contributed by atoms with Gasteiger partial charge < -0.3 is 5.32 Å². The molecule has 0 saturated carbocycles. The third kappa shape index (κ3) is 1.16. The maximum absolute atomic E-state index is 2.41. The fraction of sp³-hybridized carbons (Fsp3) is 1.00. The van der Waals surface area contributed by atoms with Crippen LogP contribution in [0.5, 0.6) is 0 Å². The molecule has 0 aromatic heterocycles. The van der Waals surface area contributed by atoms with E-state index in [9.17, 15) is 0 Å². The van der Waals surface area contributed by atoms with Crippen LogP contribution < -0.4 is 5.32 Å². The van der Waals surface area contributed by atoms with E-state index < -0.39 is 0 Å². The van der Waals surface area contributed by atoms with E-state index in [0.29, 0.717) is 0 Å². The molecule has 0 spiro atoms. The zero-order valence-corrected chi connectivity index (χ0v) is 4.98. The van der Waals surface area contributed by atoms with E-state index in [1.165, 1.54) is 25.9 Å². The maximum atomic E-state index is 2.41. The lowest BCUT2D eigenvalue weighted by molar-refractivity contribution is -0.638. The molecule has 2 N–H and O–H groups in total. The van der Waals surface area contributed by atoms with Crippen LogP contribution in [0.15, 0.2) is 0 Å².